The highest BCUT2D eigenvalue weighted by atomic mass is 32.1. The van der Waals surface area contributed by atoms with E-state index in [9.17, 15) is 0 Å². The standard InChI is InChI=1S/C42H29N3SSi/c1-47(2)36-22-11-8-19-32(36)38-39(26-13-4-3-5-14-26)43-41(44-42(38)47)27-15-12-16-28(25-27)45-33-20-9-6-18-31(33)37-34(45)24-23-30-29-17-7-10-21-35(29)46-40(30)37/h3-25H,1-2H3. The molecule has 0 atom stereocenters. The molecular weight excluding hydrogens is 607 g/mol. The smallest absolute Gasteiger partial charge is 0.159 e. The van der Waals surface area contributed by atoms with Gasteiger partial charge in [0.2, 0.25) is 0 Å². The third-order valence-electron chi connectivity index (χ3n) is 9.96. The summed E-state index contributed by atoms with van der Waals surface area (Å²) in [7, 11) is -2.04. The van der Waals surface area contributed by atoms with Crippen LogP contribution in [-0.2, 0) is 0 Å². The molecule has 0 radical (unpaired) electrons. The monoisotopic (exact) mass is 635 g/mol. The number of para-hydroxylation sites is 1. The zero-order valence-corrected chi connectivity index (χ0v) is 27.8. The molecule has 9 aromatic rings. The second-order valence-corrected chi connectivity index (χ2v) is 18.3. The van der Waals surface area contributed by atoms with Crippen molar-refractivity contribution < 1.29 is 0 Å². The Labute approximate surface area is 277 Å². The summed E-state index contributed by atoms with van der Waals surface area (Å²) < 4.78 is 5.08. The summed E-state index contributed by atoms with van der Waals surface area (Å²) in [6.07, 6.45) is 0. The predicted molar refractivity (Wildman–Crippen MR) is 202 cm³/mol. The largest absolute Gasteiger partial charge is 0.309 e. The van der Waals surface area contributed by atoms with E-state index in [0.717, 1.165) is 28.3 Å². The zero-order valence-electron chi connectivity index (χ0n) is 26.0. The van der Waals surface area contributed by atoms with Crippen LogP contribution in [0.15, 0.2) is 140 Å². The molecule has 5 heteroatoms. The number of aromatic nitrogens is 3. The molecule has 0 unspecified atom stereocenters. The Hall–Kier alpha value is -5.36. The Kier molecular flexibility index (Phi) is 5.60. The van der Waals surface area contributed by atoms with Gasteiger partial charge in [0.05, 0.1) is 16.7 Å². The first-order chi connectivity index (χ1) is 23.1. The van der Waals surface area contributed by atoms with Crippen molar-refractivity contribution in [1.29, 1.82) is 0 Å². The predicted octanol–water partition coefficient (Wildman–Crippen LogP) is 10.1. The van der Waals surface area contributed by atoms with Crippen LogP contribution >= 0.6 is 11.3 Å². The summed E-state index contributed by atoms with van der Waals surface area (Å²) in [5, 5.41) is 7.89. The van der Waals surface area contributed by atoms with Crippen LogP contribution in [0.2, 0.25) is 13.1 Å². The zero-order chi connectivity index (χ0) is 31.3. The van der Waals surface area contributed by atoms with Gasteiger partial charge in [-0.25, -0.2) is 9.97 Å². The summed E-state index contributed by atoms with van der Waals surface area (Å²) in [4.78, 5) is 10.8. The molecule has 0 saturated carbocycles. The molecule has 4 heterocycles. The van der Waals surface area contributed by atoms with E-state index in [-0.39, 0.29) is 0 Å². The molecule has 3 aromatic heterocycles. The van der Waals surface area contributed by atoms with Crippen molar-refractivity contribution in [3.63, 3.8) is 0 Å². The number of thiophene rings is 1. The lowest BCUT2D eigenvalue weighted by atomic mass is 10.0. The van der Waals surface area contributed by atoms with Gasteiger partial charge in [0.25, 0.3) is 0 Å². The molecule has 0 saturated heterocycles. The summed E-state index contributed by atoms with van der Waals surface area (Å²) in [6, 6.07) is 50.4. The van der Waals surface area contributed by atoms with Crippen LogP contribution in [0.5, 0.6) is 0 Å². The van der Waals surface area contributed by atoms with Crippen molar-refractivity contribution in [2.45, 2.75) is 13.1 Å². The van der Waals surface area contributed by atoms with Crippen LogP contribution in [0.25, 0.3) is 81.4 Å². The van der Waals surface area contributed by atoms with Gasteiger partial charge in [0, 0.05) is 58.6 Å². The molecule has 10 rings (SSSR count). The Bertz CT molecular complexity index is 2720. The molecule has 1 aliphatic rings. The highest BCUT2D eigenvalue weighted by molar-refractivity contribution is 7.26. The normalized spacial score (nSPS) is 13.5. The van der Waals surface area contributed by atoms with Crippen LogP contribution in [0, 0.1) is 0 Å². The number of hydrogen-bond acceptors (Lipinski definition) is 3. The maximum Gasteiger partial charge on any atom is 0.159 e. The molecular formula is C42H29N3SSi. The number of nitrogens with zero attached hydrogens (tertiary/aromatic N) is 3. The van der Waals surface area contributed by atoms with Crippen molar-refractivity contribution >= 4 is 71.9 Å². The average Bonchev–Trinajstić information content (AvgIpc) is 3.74. The van der Waals surface area contributed by atoms with Gasteiger partial charge in [0.15, 0.2) is 5.82 Å². The lowest BCUT2D eigenvalue weighted by molar-refractivity contribution is 1.17. The molecule has 0 aliphatic carbocycles. The molecule has 0 bridgehead atoms. The molecule has 0 amide bonds. The number of benzene rings is 6. The fourth-order valence-corrected chi connectivity index (χ4v) is 11.9. The number of rotatable bonds is 3. The fourth-order valence-electron chi connectivity index (χ4n) is 7.77. The molecule has 3 nitrogen and oxygen atoms in total. The van der Waals surface area contributed by atoms with E-state index in [1.807, 2.05) is 11.3 Å². The van der Waals surface area contributed by atoms with Crippen LogP contribution in [-0.4, -0.2) is 22.6 Å². The van der Waals surface area contributed by atoms with Crippen molar-refractivity contribution in [3.05, 3.63) is 140 Å². The summed E-state index contributed by atoms with van der Waals surface area (Å²) >= 11 is 1.89. The first-order valence-corrected chi connectivity index (χ1v) is 19.9. The van der Waals surface area contributed by atoms with Crippen molar-refractivity contribution in [1.82, 2.24) is 14.5 Å². The summed E-state index contributed by atoms with van der Waals surface area (Å²) in [5.41, 5.74) is 9.19. The van der Waals surface area contributed by atoms with Crippen molar-refractivity contribution in [2.24, 2.45) is 0 Å². The highest BCUT2D eigenvalue weighted by Gasteiger charge is 2.41. The van der Waals surface area contributed by atoms with E-state index in [2.05, 4.69) is 157 Å². The molecule has 6 aromatic carbocycles. The van der Waals surface area contributed by atoms with Gasteiger partial charge in [-0.2, -0.15) is 0 Å². The Morgan fingerprint density at radius 3 is 2.23 bits per heavy atom. The van der Waals surface area contributed by atoms with E-state index in [4.69, 9.17) is 9.97 Å². The van der Waals surface area contributed by atoms with Gasteiger partial charge in [-0.15, -0.1) is 11.3 Å². The Morgan fingerprint density at radius 2 is 1.34 bits per heavy atom. The minimum Gasteiger partial charge on any atom is -0.309 e. The van der Waals surface area contributed by atoms with Gasteiger partial charge in [0.1, 0.15) is 8.07 Å². The molecule has 0 N–H and O–H groups in total. The number of hydrogen-bond donors (Lipinski definition) is 0. The Balaban J connectivity index is 1.22. The third-order valence-corrected chi connectivity index (χ3v) is 14.5. The van der Waals surface area contributed by atoms with Gasteiger partial charge in [-0.1, -0.05) is 122 Å². The van der Waals surface area contributed by atoms with E-state index >= 15 is 0 Å². The molecule has 0 fully saturated rings. The lowest BCUT2D eigenvalue weighted by Gasteiger charge is -2.19. The topological polar surface area (TPSA) is 30.7 Å². The average molecular weight is 636 g/mol. The van der Waals surface area contributed by atoms with Crippen molar-refractivity contribution in [3.8, 4) is 39.5 Å². The second kappa shape index (κ2) is 9.82. The molecule has 47 heavy (non-hydrogen) atoms. The van der Waals surface area contributed by atoms with E-state index in [1.54, 1.807) is 0 Å². The second-order valence-electron chi connectivity index (χ2n) is 13.0. The SMILES string of the molecule is C[Si]1(C)c2ccccc2-c2c(-c3ccccc3)nc(-c3cccc(-n4c5ccccc5c5c6sc7ccccc7c6ccc54)c3)nc21. The first kappa shape index (κ1) is 26.8. The van der Waals surface area contributed by atoms with E-state index < -0.39 is 8.07 Å². The van der Waals surface area contributed by atoms with Crippen LogP contribution in [0.4, 0.5) is 0 Å². The quantitative estimate of drug-likeness (QED) is 0.181. The Morgan fingerprint density at radius 1 is 0.596 bits per heavy atom. The van der Waals surface area contributed by atoms with Crippen LogP contribution in [0.1, 0.15) is 0 Å². The maximum atomic E-state index is 5.43. The molecule has 222 valence electrons. The van der Waals surface area contributed by atoms with Crippen molar-refractivity contribution in [2.75, 3.05) is 0 Å². The van der Waals surface area contributed by atoms with Gasteiger partial charge < -0.3 is 4.57 Å². The number of fused-ring (bicyclic) bond motifs is 10. The summed E-state index contributed by atoms with van der Waals surface area (Å²) in [5.74, 6) is 0.783. The van der Waals surface area contributed by atoms with E-state index in [1.165, 1.54) is 63.6 Å². The van der Waals surface area contributed by atoms with Crippen LogP contribution in [0.3, 0.4) is 0 Å². The van der Waals surface area contributed by atoms with Gasteiger partial charge in [-0.05, 0) is 41.1 Å². The maximum absolute atomic E-state index is 5.43. The van der Waals surface area contributed by atoms with Gasteiger partial charge >= 0.3 is 0 Å². The van der Waals surface area contributed by atoms with Crippen LogP contribution < -0.4 is 10.5 Å². The minimum atomic E-state index is -2.04. The molecule has 1 aliphatic heterocycles. The fraction of sp³-hybridized carbons (Fsp3) is 0.0476. The molecule has 0 spiro atoms. The minimum absolute atomic E-state index is 0.783. The van der Waals surface area contributed by atoms with E-state index in [0.29, 0.717) is 0 Å². The first-order valence-electron chi connectivity index (χ1n) is 16.1. The highest BCUT2D eigenvalue weighted by Crippen LogP contribution is 2.43. The van der Waals surface area contributed by atoms with Gasteiger partial charge in [-0.3, -0.25) is 0 Å². The summed E-state index contributed by atoms with van der Waals surface area (Å²) in [6.45, 7) is 4.85. The lowest BCUT2D eigenvalue weighted by Crippen LogP contribution is -2.50. The third kappa shape index (κ3) is 3.78.